The van der Waals surface area contributed by atoms with Crippen LogP contribution in [0.25, 0.3) is 6.08 Å². The third-order valence-electron chi connectivity index (χ3n) is 3.21. The lowest BCUT2D eigenvalue weighted by molar-refractivity contribution is -0.263. The fourth-order valence-electron chi connectivity index (χ4n) is 1.90. The average Bonchev–Trinajstić information content (AvgIpc) is 3.03. The highest BCUT2D eigenvalue weighted by Gasteiger charge is 2.54. The summed E-state index contributed by atoms with van der Waals surface area (Å²) in [6.07, 6.45) is 0.283. The molecule has 0 saturated heterocycles. The van der Waals surface area contributed by atoms with E-state index < -0.39 is 24.2 Å². The number of aliphatic hydroxyl groups is 1. The molecule has 122 valence electrons. The van der Waals surface area contributed by atoms with Crippen molar-refractivity contribution in [3.05, 3.63) is 66.1 Å². The van der Waals surface area contributed by atoms with E-state index in [1.165, 1.54) is 36.8 Å². The SMILES string of the molecule is O=C(/C=C/c1ccoc1)NC[C@@](O)(c1ccccc1)C(F)(F)F. The van der Waals surface area contributed by atoms with Gasteiger partial charge in [0.1, 0.15) is 0 Å². The Bertz CT molecular complexity index is 666. The van der Waals surface area contributed by atoms with Crippen molar-refractivity contribution >= 4 is 12.0 Å². The van der Waals surface area contributed by atoms with Gasteiger partial charge in [-0.05, 0) is 17.7 Å². The summed E-state index contributed by atoms with van der Waals surface area (Å²) in [5.74, 6) is -0.759. The Morgan fingerprint density at radius 3 is 2.48 bits per heavy atom. The van der Waals surface area contributed by atoms with Gasteiger partial charge >= 0.3 is 6.18 Å². The molecule has 0 saturated carbocycles. The van der Waals surface area contributed by atoms with E-state index in [0.29, 0.717) is 5.56 Å². The maximum atomic E-state index is 13.2. The van der Waals surface area contributed by atoms with Gasteiger partial charge in [0.15, 0.2) is 0 Å². The van der Waals surface area contributed by atoms with Gasteiger partial charge in [0.05, 0.1) is 19.1 Å². The van der Waals surface area contributed by atoms with Gasteiger partial charge in [-0.2, -0.15) is 13.2 Å². The number of alkyl halides is 3. The lowest BCUT2D eigenvalue weighted by Crippen LogP contribution is -2.50. The maximum absolute atomic E-state index is 13.2. The summed E-state index contributed by atoms with van der Waals surface area (Å²) in [4.78, 5) is 11.6. The number of hydrogen-bond acceptors (Lipinski definition) is 3. The summed E-state index contributed by atoms with van der Waals surface area (Å²) in [6, 6.07) is 8.19. The first-order valence-corrected chi connectivity index (χ1v) is 6.66. The van der Waals surface area contributed by atoms with Crippen LogP contribution in [0.3, 0.4) is 0 Å². The van der Waals surface area contributed by atoms with Gasteiger partial charge in [-0.25, -0.2) is 0 Å². The van der Waals surface area contributed by atoms with Crippen molar-refractivity contribution in [1.82, 2.24) is 5.32 Å². The van der Waals surface area contributed by atoms with E-state index in [0.717, 1.165) is 18.2 Å². The minimum Gasteiger partial charge on any atom is -0.472 e. The van der Waals surface area contributed by atoms with E-state index in [9.17, 15) is 23.1 Å². The zero-order valence-electron chi connectivity index (χ0n) is 11.9. The van der Waals surface area contributed by atoms with Gasteiger partial charge in [-0.15, -0.1) is 0 Å². The van der Waals surface area contributed by atoms with Gasteiger partial charge < -0.3 is 14.8 Å². The third kappa shape index (κ3) is 4.01. The minimum atomic E-state index is -4.93. The minimum absolute atomic E-state index is 0.341. The Balaban J connectivity index is 2.09. The second-order valence-corrected chi connectivity index (χ2v) is 4.83. The topological polar surface area (TPSA) is 62.5 Å². The number of halogens is 3. The van der Waals surface area contributed by atoms with Crippen molar-refractivity contribution in [2.24, 2.45) is 0 Å². The van der Waals surface area contributed by atoms with E-state index >= 15 is 0 Å². The highest BCUT2D eigenvalue weighted by molar-refractivity contribution is 5.91. The molecule has 0 spiro atoms. The predicted octanol–water partition coefficient (Wildman–Crippen LogP) is 2.86. The van der Waals surface area contributed by atoms with Gasteiger partial charge in [-0.1, -0.05) is 30.3 Å². The Morgan fingerprint density at radius 1 is 1.22 bits per heavy atom. The standard InChI is InChI=1S/C16H14F3NO3/c17-16(18,19)15(22,13-4-2-1-3-5-13)11-20-14(21)7-6-12-8-9-23-10-12/h1-10,22H,11H2,(H,20,21)/b7-6+/t15-/m1/s1. The van der Waals surface area contributed by atoms with Crippen molar-refractivity contribution in [2.45, 2.75) is 11.8 Å². The van der Waals surface area contributed by atoms with E-state index in [2.05, 4.69) is 5.32 Å². The molecular formula is C16H14F3NO3. The Hall–Kier alpha value is -2.54. The smallest absolute Gasteiger partial charge is 0.423 e. The molecule has 0 aliphatic heterocycles. The zero-order valence-corrected chi connectivity index (χ0v) is 11.9. The van der Waals surface area contributed by atoms with Crippen LogP contribution >= 0.6 is 0 Å². The summed E-state index contributed by atoms with van der Waals surface area (Å²) < 4.78 is 44.4. The van der Waals surface area contributed by atoms with Gasteiger partial charge in [0.25, 0.3) is 0 Å². The molecule has 0 unspecified atom stereocenters. The molecule has 0 aliphatic carbocycles. The van der Waals surface area contributed by atoms with Crippen molar-refractivity contribution in [1.29, 1.82) is 0 Å². The summed E-state index contributed by atoms with van der Waals surface area (Å²) in [5, 5.41) is 12.1. The molecule has 4 nitrogen and oxygen atoms in total. The van der Waals surface area contributed by atoms with Crippen LogP contribution in [0.15, 0.2) is 59.4 Å². The molecule has 1 aromatic carbocycles. The van der Waals surface area contributed by atoms with Gasteiger partial charge in [-0.3, -0.25) is 4.79 Å². The van der Waals surface area contributed by atoms with Crippen molar-refractivity contribution in [2.75, 3.05) is 6.54 Å². The number of rotatable bonds is 5. The van der Waals surface area contributed by atoms with E-state index in [1.807, 2.05) is 0 Å². The molecule has 23 heavy (non-hydrogen) atoms. The second kappa shape index (κ2) is 6.70. The van der Waals surface area contributed by atoms with Crippen LogP contribution in [0, 0.1) is 0 Å². The average molecular weight is 325 g/mol. The molecule has 0 bridgehead atoms. The summed E-state index contributed by atoms with van der Waals surface area (Å²) in [7, 11) is 0. The van der Waals surface area contributed by atoms with Gasteiger partial charge in [0, 0.05) is 11.6 Å². The predicted molar refractivity (Wildman–Crippen MR) is 77.1 cm³/mol. The number of carbonyl (C=O) groups excluding carboxylic acids is 1. The molecule has 1 aromatic heterocycles. The summed E-state index contributed by atoms with van der Waals surface area (Å²) in [5.41, 5.74) is -2.91. The largest absolute Gasteiger partial charge is 0.472 e. The summed E-state index contributed by atoms with van der Waals surface area (Å²) >= 11 is 0. The van der Waals surface area contributed by atoms with Crippen molar-refractivity contribution in [3.8, 4) is 0 Å². The monoisotopic (exact) mass is 325 g/mol. The molecule has 2 rings (SSSR count). The molecule has 1 amide bonds. The quantitative estimate of drug-likeness (QED) is 0.831. The molecule has 1 atom stereocenters. The number of benzene rings is 1. The molecule has 2 aromatic rings. The lowest BCUT2D eigenvalue weighted by Gasteiger charge is -2.31. The fraction of sp³-hybridized carbons (Fsp3) is 0.188. The zero-order chi connectivity index (χ0) is 16.9. The van der Waals surface area contributed by atoms with E-state index in [-0.39, 0.29) is 5.56 Å². The Morgan fingerprint density at radius 2 is 1.91 bits per heavy atom. The number of nitrogens with one attached hydrogen (secondary N) is 1. The number of hydrogen-bond donors (Lipinski definition) is 2. The number of carbonyl (C=O) groups is 1. The molecule has 1 heterocycles. The van der Waals surface area contributed by atoms with Crippen LogP contribution < -0.4 is 5.32 Å². The molecular weight excluding hydrogens is 311 g/mol. The summed E-state index contributed by atoms with van der Waals surface area (Å²) in [6.45, 7) is -0.991. The highest BCUT2D eigenvalue weighted by atomic mass is 19.4. The van der Waals surface area contributed by atoms with Crippen molar-refractivity contribution < 1.29 is 27.5 Å². The number of furan rings is 1. The molecule has 0 fully saturated rings. The van der Waals surface area contributed by atoms with Crippen LogP contribution in [-0.4, -0.2) is 23.7 Å². The molecule has 7 heteroatoms. The van der Waals surface area contributed by atoms with Crippen LogP contribution in [-0.2, 0) is 10.4 Å². The fourth-order valence-corrected chi connectivity index (χ4v) is 1.90. The maximum Gasteiger partial charge on any atom is 0.423 e. The Labute approximate surface area is 130 Å². The second-order valence-electron chi connectivity index (χ2n) is 4.83. The highest BCUT2D eigenvalue weighted by Crippen LogP contribution is 2.38. The van der Waals surface area contributed by atoms with Crippen LogP contribution in [0.4, 0.5) is 13.2 Å². The third-order valence-corrected chi connectivity index (χ3v) is 3.21. The Kier molecular flexibility index (Phi) is 4.90. The van der Waals surface area contributed by atoms with Crippen LogP contribution in [0.2, 0.25) is 0 Å². The first-order valence-electron chi connectivity index (χ1n) is 6.66. The molecule has 2 N–H and O–H groups in total. The number of amides is 1. The first kappa shape index (κ1) is 16.8. The van der Waals surface area contributed by atoms with Crippen molar-refractivity contribution in [3.63, 3.8) is 0 Å². The van der Waals surface area contributed by atoms with Gasteiger partial charge in [0.2, 0.25) is 11.5 Å². The molecule has 0 aliphatic rings. The lowest BCUT2D eigenvalue weighted by atomic mass is 9.93. The molecule has 0 radical (unpaired) electrons. The van der Waals surface area contributed by atoms with E-state index in [4.69, 9.17) is 4.42 Å². The van der Waals surface area contributed by atoms with Crippen LogP contribution in [0.1, 0.15) is 11.1 Å². The normalized spacial score (nSPS) is 14.6. The van der Waals surface area contributed by atoms with E-state index in [1.54, 1.807) is 6.07 Å². The van der Waals surface area contributed by atoms with Crippen LogP contribution in [0.5, 0.6) is 0 Å². The first-order chi connectivity index (χ1) is 10.8.